The zero-order valence-electron chi connectivity index (χ0n) is 14.0. The van der Waals surface area contributed by atoms with Gasteiger partial charge in [0.05, 0.1) is 10.6 Å². The van der Waals surface area contributed by atoms with Gasteiger partial charge >= 0.3 is 0 Å². The highest BCUT2D eigenvalue weighted by Gasteiger charge is 2.57. The summed E-state index contributed by atoms with van der Waals surface area (Å²) in [6, 6.07) is 4.85. The molecule has 4 bridgehead atoms. The Morgan fingerprint density at radius 3 is 2.52 bits per heavy atom. The molecule has 134 valence electrons. The molecule has 5 rings (SSSR count). The normalized spacial score (nSPS) is 35.6. The Hall–Kier alpha value is -1.07. The Morgan fingerprint density at radius 1 is 1.24 bits per heavy atom. The minimum absolute atomic E-state index is 0.00999. The number of amides is 2. The van der Waals surface area contributed by atoms with Crippen molar-refractivity contribution in [2.75, 3.05) is 5.32 Å². The van der Waals surface area contributed by atoms with Crippen LogP contribution >= 0.6 is 27.5 Å². The Kier molecular flexibility index (Phi) is 4.15. The molecule has 4 saturated carbocycles. The lowest BCUT2D eigenvalue weighted by Gasteiger charge is -2.60. The van der Waals surface area contributed by atoms with E-state index in [9.17, 15) is 9.59 Å². The van der Waals surface area contributed by atoms with Crippen LogP contribution in [0.1, 0.15) is 55.3 Å². The van der Waals surface area contributed by atoms with E-state index in [4.69, 9.17) is 17.3 Å². The highest BCUT2D eigenvalue weighted by atomic mass is 79.9. The molecule has 6 heteroatoms. The number of primary amides is 1. The number of nitrogens with two attached hydrogens (primary N) is 1. The van der Waals surface area contributed by atoms with Crippen molar-refractivity contribution in [2.24, 2.45) is 23.0 Å². The number of rotatable bonds is 4. The predicted molar refractivity (Wildman–Crippen MR) is 102 cm³/mol. The molecule has 4 fully saturated rings. The van der Waals surface area contributed by atoms with Crippen molar-refractivity contribution in [3.8, 4) is 0 Å². The molecule has 0 aliphatic heterocycles. The van der Waals surface area contributed by atoms with Crippen LogP contribution in [-0.4, -0.2) is 16.1 Å². The predicted octanol–water partition coefficient (Wildman–Crippen LogP) is 4.50. The van der Waals surface area contributed by atoms with Crippen LogP contribution in [-0.2, 0) is 4.79 Å². The lowest BCUT2D eigenvalue weighted by Crippen LogP contribution is -2.53. The van der Waals surface area contributed by atoms with Gasteiger partial charge in [-0.1, -0.05) is 27.5 Å². The zero-order chi connectivity index (χ0) is 17.8. The van der Waals surface area contributed by atoms with Crippen molar-refractivity contribution < 1.29 is 9.59 Å². The summed E-state index contributed by atoms with van der Waals surface area (Å²) in [4.78, 5) is 24.1. The average molecular weight is 426 g/mol. The van der Waals surface area contributed by atoms with E-state index in [-0.39, 0.29) is 21.2 Å². The van der Waals surface area contributed by atoms with Gasteiger partial charge in [-0.25, -0.2) is 0 Å². The largest absolute Gasteiger partial charge is 0.366 e. The van der Waals surface area contributed by atoms with E-state index in [1.54, 1.807) is 18.2 Å². The Balaban J connectivity index is 1.48. The second-order valence-corrected chi connectivity index (χ2v) is 10.5. The van der Waals surface area contributed by atoms with Crippen molar-refractivity contribution in [3.05, 3.63) is 28.8 Å². The van der Waals surface area contributed by atoms with E-state index in [1.807, 2.05) is 0 Å². The molecular weight excluding hydrogens is 404 g/mol. The van der Waals surface area contributed by atoms with Crippen LogP contribution in [0.3, 0.4) is 0 Å². The summed E-state index contributed by atoms with van der Waals surface area (Å²) >= 11 is 9.95. The second kappa shape index (κ2) is 5.98. The fourth-order valence-electron chi connectivity index (χ4n) is 5.88. The second-order valence-electron chi connectivity index (χ2n) is 8.40. The maximum Gasteiger partial charge on any atom is 0.250 e. The maximum absolute atomic E-state index is 12.7. The Labute approximate surface area is 161 Å². The number of nitrogens with one attached hydrogen (secondary N) is 1. The molecule has 0 heterocycles. The lowest BCUT2D eigenvalue weighted by atomic mass is 9.48. The molecule has 2 unspecified atom stereocenters. The monoisotopic (exact) mass is 424 g/mol. The Bertz CT molecular complexity index is 737. The third-order valence-electron chi connectivity index (χ3n) is 6.16. The number of alkyl halides is 1. The zero-order valence-corrected chi connectivity index (χ0v) is 16.3. The van der Waals surface area contributed by atoms with Crippen molar-refractivity contribution >= 4 is 45.0 Å². The van der Waals surface area contributed by atoms with Gasteiger partial charge in [-0.3, -0.25) is 9.59 Å². The van der Waals surface area contributed by atoms with E-state index < -0.39 is 5.91 Å². The Morgan fingerprint density at radius 2 is 1.92 bits per heavy atom. The highest BCUT2D eigenvalue weighted by Crippen LogP contribution is 2.65. The van der Waals surface area contributed by atoms with Crippen LogP contribution in [0.5, 0.6) is 0 Å². The highest BCUT2D eigenvalue weighted by molar-refractivity contribution is 9.10. The van der Waals surface area contributed by atoms with Crippen molar-refractivity contribution in [1.29, 1.82) is 0 Å². The number of hydrogen-bond donors (Lipinski definition) is 2. The van der Waals surface area contributed by atoms with Crippen molar-refractivity contribution in [2.45, 2.75) is 49.3 Å². The molecule has 0 saturated heterocycles. The molecule has 2 amide bonds. The molecule has 4 aliphatic carbocycles. The lowest BCUT2D eigenvalue weighted by molar-refractivity contribution is -0.123. The van der Waals surface area contributed by atoms with Gasteiger partial charge in [0.1, 0.15) is 0 Å². The van der Waals surface area contributed by atoms with E-state index in [1.165, 1.54) is 19.3 Å². The number of anilines is 1. The summed E-state index contributed by atoms with van der Waals surface area (Å²) in [7, 11) is 0. The SMILES string of the molecule is NC(=O)c1cc(NC(=O)CC23CC4CC(CC(Br)(C4)C2)C3)ccc1Cl. The summed E-state index contributed by atoms with van der Waals surface area (Å²) in [5, 5.41) is 3.23. The van der Waals surface area contributed by atoms with Crippen molar-refractivity contribution in [1.82, 2.24) is 0 Å². The first-order chi connectivity index (χ1) is 11.8. The fourth-order valence-corrected chi connectivity index (χ4v) is 7.60. The van der Waals surface area contributed by atoms with E-state index >= 15 is 0 Å². The molecule has 0 spiro atoms. The van der Waals surface area contributed by atoms with Crippen LogP contribution in [0.15, 0.2) is 18.2 Å². The molecule has 25 heavy (non-hydrogen) atoms. The first kappa shape index (κ1) is 17.3. The minimum atomic E-state index is -0.594. The van der Waals surface area contributed by atoms with Gasteiger partial charge in [-0.05, 0) is 74.0 Å². The summed E-state index contributed by atoms with van der Waals surface area (Å²) in [6.07, 6.45) is 7.80. The first-order valence-electron chi connectivity index (χ1n) is 8.84. The number of halogens is 2. The number of hydrogen-bond acceptors (Lipinski definition) is 2. The van der Waals surface area contributed by atoms with Gasteiger partial charge in [0.2, 0.25) is 11.8 Å². The van der Waals surface area contributed by atoms with E-state index in [0.717, 1.165) is 31.1 Å². The van der Waals surface area contributed by atoms with Gasteiger partial charge in [0, 0.05) is 16.4 Å². The molecule has 2 atom stereocenters. The average Bonchev–Trinajstić information content (AvgIpc) is 2.45. The molecule has 4 aliphatic rings. The smallest absolute Gasteiger partial charge is 0.250 e. The molecule has 1 aromatic rings. The third kappa shape index (κ3) is 3.33. The fraction of sp³-hybridized carbons (Fsp3) is 0.579. The summed E-state index contributed by atoms with van der Waals surface area (Å²) in [6.45, 7) is 0. The topological polar surface area (TPSA) is 72.2 Å². The van der Waals surface area contributed by atoms with Gasteiger partial charge < -0.3 is 11.1 Å². The molecular formula is C19H22BrClN2O2. The quantitative estimate of drug-likeness (QED) is 0.697. The number of carbonyl (C=O) groups excluding carboxylic acids is 2. The van der Waals surface area contributed by atoms with Gasteiger partial charge in [-0.15, -0.1) is 0 Å². The van der Waals surface area contributed by atoms with Crippen LogP contribution < -0.4 is 11.1 Å². The standard InChI is InChI=1S/C19H22BrClN2O2/c20-19-7-11-3-12(8-19)6-18(5-11,10-19)9-16(24)23-13-1-2-15(21)14(4-13)17(22)25/h1-2,4,11-12H,3,5-10H2,(H2,22,25)(H,23,24). The molecule has 4 nitrogen and oxygen atoms in total. The molecule has 1 aromatic carbocycles. The number of benzene rings is 1. The summed E-state index contributed by atoms with van der Waals surface area (Å²) in [5.74, 6) is 0.926. The van der Waals surface area contributed by atoms with E-state index in [2.05, 4.69) is 21.2 Å². The van der Waals surface area contributed by atoms with Crippen molar-refractivity contribution in [3.63, 3.8) is 0 Å². The van der Waals surface area contributed by atoms with Crippen LogP contribution in [0.2, 0.25) is 5.02 Å². The maximum atomic E-state index is 12.7. The molecule has 0 aromatic heterocycles. The molecule has 0 radical (unpaired) electrons. The van der Waals surface area contributed by atoms with Crippen LogP contribution in [0.25, 0.3) is 0 Å². The summed E-state index contributed by atoms with van der Waals surface area (Å²) < 4.78 is 0.247. The van der Waals surface area contributed by atoms with Gasteiger partial charge in [0.15, 0.2) is 0 Å². The van der Waals surface area contributed by atoms with Gasteiger partial charge in [0.25, 0.3) is 0 Å². The third-order valence-corrected chi connectivity index (χ3v) is 7.42. The minimum Gasteiger partial charge on any atom is -0.366 e. The van der Waals surface area contributed by atoms with E-state index in [0.29, 0.717) is 17.1 Å². The van der Waals surface area contributed by atoms with Gasteiger partial charge in [-0.2, -0.15) is 0 Å². The number of carbonyl (C=O) groups is 2. The van der Waals surface area contributed by atoms with Crippen LogP contribution in [0.4, 0.5) is 5.69 Å². The van der Waals surface area contributed by atoms with Crippen LogP contribution in [0, 0.1) is 17.3 Å². The first-order valence-corrected chi connectivity index (χ1v) is 10.0. The molecule has 3 N–H and O–H groups in total. The summed E-state index contributed by atoms with van der Waals surface area (Å²) in [5.41, 5.74) is 6.25.